The normalized spacial score (nSPS) is 11.6. The van der Waals surface area contributed by atoms with Crippen molar-refractivity contribution in [2.45, 2.75) is 46.4 Å². The van der Waals surface area contributed by atoms with Crippen molar-refractivity contribution in [1.82, 2.24) is 9.88 Å². The van der Waals surface area contributed by atoms with Crippen molar-refractivity contribution in [3.63, 3.8) is 0 Å². The molecule has 0 atom stereocenters. The number of fused-ring (bicyclic) bond motifs is 1. The second kappa shape index (κ2) is 9.80. The van der Waals surface area contributed by atoms with E-state index in [-0.39, 0.29) is 0 Å². The molecule has 5 heteroatoms. The summed E-state index contributed by atoms with van der Waals surface area (Å²) in [5, 5.41) is 6.22. The molecule has 0 radical (unpaired) electrons. The average molecular weight is 419 g/mol. The van der Waals surface area contributed by atoms with E-state index in [9.17, 15) is 0 Å². The summed E-state index contributed by atoms with van der Waals surface area (Å²) >= 11 is 12.5. The molecule has 1 aromatic heterocycles. The van der Waals surface area contributed by atoms with Gasteiger partial charge in [0.2, 0.25) is 0 Å². The van der Waals surface area contributed by atoms with Gasteiger partial charge < -0.3 is 14.6 Å². The van der Waals surface area contributed by atoms with Gasteiger partial charge in [-0.15, -0.1) is 0 Å². The quantitative estimate of drug-likeness (QED) is 0.418. The molecule has 0 unspecified atom stereocenters. The summed E-state index contributed by atoms with van der Waals surface area (Å²) in [7, 11) is 0. The van der Waals surface area contributed by atoms with E-state index < -0.39 is 0 Å². The Labute approximate surface area is 177 Å². The van der Waals surface area contributed by atoms with E-state index in [0.29, 0.717) is 16.1 Å². The molecule has 1 heterocycles. The largest absolute Gasteiger partial charge is 0.379 e. The number of nitrogens with one attached hydrogen (secondary N) is 1. The number of ether oxygens (including phenoxy) is 1. The van der Waals surface area contributed by atoms with Gasteiger partial charge in [0.15, 0.2) is 0 Å². The van der Waals surface area contributed by atoms with Gasteiger partial charge in [-0.3, -0.25) is 0 Å². The highest BCUT2D eigenvalue weighted by Gasteiger charge is 2.14. The first-order valence-electron chi connectivity index (χ1n) is 9.80. The second-order valence-corrected chi connectivity index (χ2v) is 8.20. The summed E-state index contributed by atoms with van der Waals surface area (Å²) in [6.07, 6.45) is 1.30. The minimum Gasteiger partial charge on any atom is -0.379 e. The van der Waals surface area contributed by atoms with E-state index in [1.54, 1.807) is 6.07 Å². The summed E-state index contributed by atoms with van der Waals surface area (Å²) in [5.41, 5.74) is 4.90. The minimum atomic E-state index is 0.292. The predicted molar refractivity (Wildman–Crippen MR) is 120 cm³/mol. The lowest BCUT2D eigenvalue weighted by Crippen LogP contribution is -2.18. The van der Waals surface area contributed by atoms with Gasteiger partial charge >= 0.3 is 0 Å². The number of rotatable bonds is 9. The van der Waals surface area contributed by atoms with Crippen LogP contribution in [0, 0.1) is 6.92 Å². The molecular formula is C23H28Cl2N2O. The molecule has 2 aromatic carbocycles. The molecule has 28 heavy (non-hydrogen) atoms. The van der Waals surface area contributed by atoms with Crippen molar-refractivity contribution in [2.24, 2.45) is 0 Å². The van der Waals surface area contributed by atoms with Crippen LogP contribution in [-0.4, -0.2) is 23.8 Å². The zero-order valence-corrected chi connectivity index (χ0v) is 18.3. The number of halogens is 2. The first-order valence-corrected chi connectivity index (χ1v) is 10.6. The molecule has 1 N–H and O–H groups in total. The standard InChI is InChI=1S/C23H28Cl2N2O/c1-16(2)28-12-6-11-26-14-21-17(3)27(23-8-5-4-7-20(21)23)15-18-9-10-19(24)13-22(18)25/h4-5,7-10,13,16,26H,6,11-12,14-15H2,1-3H3. The van der Waals surface area contributed by atoms with Gasteiger partial charge in [-0.1, -0.05) is 47.5 Å². The third-order valence-corrected chi connectivity index (χ3v) is 5.54. The lowest BCUT2D eigenvalue weighted by Gasteiger charge is -2.11. The highest BCUT2D eigenvalue weighted by Crippen LogP contribution is 2.29. The third-order valence-electron chi connectivity index (χ3n) is 4.96. The molecule has 3 aromatic rings. The molecule has 0 aliphatic carbocycles. The Balaban J connectivity index is 1.77. The van der Waals surface area contributed by atoms with E-state index in [4.69, 9.17) is 27.9 Å². The van der Waals surface area contributed by atoms with Crippen molar-refractivity contribution in [3.05, 3.63) is 69.3 Å². The van der Waals surface area contributed by atoms with Crippen LogP contribution in [0.2, 0.25) is 10.0 Å². The van der Waals surface area contributed by atoms with Gasteiger partial charge in [-0.2, -0.15) is 0 Å². The third kappa shape index (κ3) is 5.09. The SMILES string of the molecule is Cc1c(CNCCCOC(C)C)c2ccccc2n1Cc1ccc(Cl)cc1Cl. The lowest BCUT2D eigenvalue weighted by atomic mass is 10.1. The van der Waals surface area contributed by atoms with Crippen LogP contribution in [-0.2, 0) is 17.8 Å². The van der Waals surface area contributed by atoms with Crippen LogP contribution >= 0.6 is 23.2 Å². The summed E-state index contributed by atoms with van der Waals surface area (Å²) < 4.78 is 7.95. The maximum absolute atomic E-state index is 6.42. The van der Waals surface area contributed by atoms with Crippen LogP contribution in [0.4, 0.5) is 0 Å². The Hall–Kier alpha value is -1.52. The number of hydrogen-bond donors (Lipinski definition) is 1. The van der Waals surface area contributed by atoms with Crippen molar-refractivity contribution in [1.29, 1.82) is 0 Å². The summed E-state index contributed by atoms with van der Waals surface area (Å²) in [6.45, 7) is 9.62. The molecule has 0 amide bonds. The van der Waals surface area contributed by atoms with Crippen LogP contribution in [0.5, 0.6) is 0 Å². The Bertz CT molecular complexity index is 934. The number of benzene rings is 2. The molecule has 150 valence electrons. The fourth-order valence-corrected chi connectivity index (χ4v) is 3.95. The van der Waals surface area contributed by atoms with Crippen LogP contribution < -0.4 is 5.32 Å². The molecule has 0 saturated heterocycles. The first kappa shape index (κ1) is 21.2. The van der Waals surface area contributed by atoms with E-state index in [0.717, 1.165) is 38.2 Å². The molecule has 0 aliphatic rings. The van der Waals surface area contributed by atoms with Crippen LogP contribution in [0.25, 0.3) is 10.9 Å². The Morgan fingerprint density at radius 1 is 1.11 bits per heavy atom. The maximum Gasteiger partial charge on any atom is 0.0518 e. The monoisotopic (exact) mass is 418 g/mol. The number of hydrogen-bond acceptors (Lipinski definition) is 2. The molecule has 3 nitrogen and oxygen atoms in total. The van der Waals surface area contributed by atoms with Crippen molar-refractivity contribution in [3.8, 4) is 0 Å². The van der Waals surface area contributed by atoms with E-state index in [2.05, 4.69) is 54.9 Å². The van der Waals surface area contributed by atoms with E-state index in [1.807, 2.05) is 12.1 Å². The van der Waals surface area contributed by atoms with Gasteiger partial charge in [0.05, 0.1) is 6.10 Å². The molecule has 0 spiro atoms. The Morgan fingerprint density at radius 2 is 1.89 bits per heavy atom. The number of aromatic nitrogens is 1. The van der Waals surface area contributed by atoms with Gasteiger partial charge in [-0.05, 0) is 63.1 Å². The summed E-state index contributed by atoms with van der Waals surface area (Å²) in [4.78, 5) is 0. The molecule has 0 aliphatic heterocycles. The maximum atomic E-state index is 6.42. The molecular weight excluding hydrogens is 391 g/mol. The fourth-order valence-electron chi connectivity index (χ4n) is 3.48. The van der Waals surface area contributed by atoms with E-state index in [1.165, 1.54) is 22.2 Å². The lowest BCUT2D eigenvalue weighted by molar-refractivity contribution is 0.0770. The smallest absolute Gasteiger partial charge is 0.0518 e. The molecule has 0 fully saturated rings. The predicted octanol–water partition coefficient (Wildman–Crippen LogP) is 6.21. The highest BCUT2D eigenvalue weighted by molar-refractivity contribution is 6.35. The topological polar surface area (TPSA) is 26.2 Å². The molecule has 3 rings (SSSR count). The van der Waals surface area contributed by atoms with Gasteiger partial charge in [0, 0.05) is 46.3 Å². The zero-order valence-electron chi connectivity index (χ0n) is 16.8. The van der Waals surface area contributed by atoms with Crippen molar-refractivity contribution < 1.29 is 4.74 Å². The van der Waals surface area contributed by atoms with Crippen LogP contribution in [0.1, 0.15) is 37.1 Å². The fraction of sp³-hybridized carbons (Fsp3) is 0.391. The minimum absolute atomic E-state index is 0.292. The van der Waals surface area contributed by atoms with Crippen LogP contribution in [0.15, 0.2) is 42.5 Å². The van der Waals surface area contributed by atoms with E-state index >= 15 is 0 Å². The number of para-hydroxylation sites is 1. The Kier molecular flexibility index (Phi) is 7.42. The van der Waals surface area contributed by atoms with Crippen molar-refractivity contribution in [2.75, 3.05) is 13.2 Å². The van der Waals surface area contributed by atoms with Crippen LogP contribution in [0.3, 0.4) is 0 Å². The average Bonchev–Trinajstić information content (AvgIpc) is 2.92. The van der Waals surface area contributed by atoms with Gasteiger partial charge in [0.25, 0.3) is 0 Å². The molecule has 0 saturated carbocycles. The molecule has 0 bridgehead atoms. The Morgan fingerprint density at radius 3 is 2.64 bits per heavy atom. The van der Waals surface area contributed by atoms with Gasteiger partial charge in [-0.25, -0.2) is 0 Å². The second-order valence-electron chi connectivity index (χ2n) is 7.35. The summed E-state index contributed by atoms with van der Waals surface area (Å²) in [5.74, 6) is 0. The van der Waals surface area contributed by atoms with Crippen molar-refractivity contribution >= 4 is 34.1 Å². The summed E-state index contributed by atoms with van der Waals surface area (Å²) in [6, 6.07) is 14.3. The highest BCUT2D eigenvalue weighted by atomic mass is 35.5. The van der Waals surface area contributed by atoms with Gasteiger partial charge in [0.1, 0.15) is 0 Å². The first-order chi connectivity index (χ1) is 13.5. The number of nitrogens with zero attached hydrogens (tertiary/aromatic N) is 1. The zero-order chi connectivity index (χ0) is 20.1.